The Labute approximate surface area is 166 Å². The summed E-state index contributed by atoms with van der Waals surface area (Å²) in [6, 6.07) is 6.76. The minimum Gasteiger partial charge on any atom is -0.348 e. The molecule has 2 atom stereocenters. The number of carbonyl (C=O) groups excluding carboxylic acids is 3. The van der Waals surface area contributed by atoms with Crippen molar-refractivity contribution in [2.75, 3.05) is 18.0 Å². The van der Waals surface area contributed by atoms with Crippen LogP contribution in [0, 0.1) is 5.92 Å². The molecule has 1 saturated heterocycles. The first-order valence-corrected chi connectivity index (χ1v) is 9.02. The average Bonchev–Trinajstić information content (AvgIpc) is 3.04. The fraction of sp³-hybridized carbons (Fsp3) is 0.526. The lowest BCUT2D eigenvalue weighted by Gasteiger charge is -2.19. The van der Waals surface area contributed by atoms with Gasteiger partial charge in [-0.15, -0.1) is 12.4 Å². The molecule has 4 N–H and O–H groups in total. The van der Waals surface area contributed by atoms with Gasteiger partial charge in [0, 0.05) is 18.7 Å². The van der Waals surface area contributed by atoms with E-state index in [9.17, 15) is 14.4 Å². The minimum atomic E-state index is -0.624. The number of nitrogens with one attached hydrogen (secondary N) is 2. The Bertz CT molecular complexity index is 663. The maximum atomic E-state index is 12.0. The van der Waals surface area contributed by atoms with E-state index in [0.29, 0.717) is 6.42 Å². The summed E-state index contributed by atoms with van der Waals surface area (Å²) in [5.41, 5.74) is 7.55. The number of rotatable bonds is 7. The third kappa shape index (κ3) is 6.22. The van der Waals surface area contributed by atoms with Crippen LogP contribution in [0.5, 0.6) is 0 Å². The molecule has 0 saturated carbocycles. The molecule has 1 aliphatic heterocycles. The lowest BCUT2D eigenvalue weighted by atomic mass is 10.1. The van der Waals surface area contributed by atoms with Crippen LogP contribution < -0.4 is 21.3 Å². The average molecular weight is 397 g/mol. The summed E-state index contributed by atoms with van der Waals surface area (Å²) >= 11 is 0. The predicted molar refractivity (Wildman–Crippen MR) is 108 cm³/mol. The van der Waals surface area contributed by atoms with Crippen molar-refractivity contribution < 1.29 is 14.4 Å². The molecule has 150 valence electrons. The largest absolute Gasteiger partial charge is 0.348 e. The molecule has 7 nitrogen and oxygen atoms in total. The first kappa shape index (κ1) is 22.9. The van der Waals surface area contributed by atoms with E-state index in [1.54, 1.807) is 4.90 Å². The van der Waals surface area contributed by atoms with Gasteiger partial charge in [0.05, 0.1) is 18.6 Å². The van der Waals surface area contributed by atoms with Gasteiger partial charge in [-0.3, -0.25) is 14.4 Å². The second-order valence-corrected chi connectivity index (χ2v) is 7.02. The van der Waals surface area contributed by atoms with Gasteiger partial charge in [-0.05, 0) is 37.0 Å². The van der Waals surface area contributed by atoms with Gasteiger partial charge in [0.15, 0.2) is 0 Å². The van der Waals surface area contributed by atoms with E-state index in [1.807, 2.05) is 45.0 Å². The molecule has 3 amide bonds. The van der Waals surface area contributed by atoms with Crippen molar-refractivity contribution in [3.63, 3.8) is 0 Å². The normalized spacial score (nSPS) is 15.9. The number of carbonyl (C=O) groups is 3. The Balaban J connectivity index is 0.00000364. The van der Waals surface area contributed by atoms with Crippen molar-refractivity contribution in [1.82, 2.24) is 10.6 Å². The zero-order chi connectivity index (χ0) is 19.3. The van der Waals surface area contributed by atoms with Crippen molar-refractivity contribution in [3.05, 3.63) is 29.8 Å². The molecule has 0 aliphatic carbocycles. The number of anilines is 1. The van der Waals surface area contributed by atoms with Crippen molar-refractivity contribution in [2.24, 2.45) is 11.7 Å². The molecule has 0 radical (unpaired) electrons. The number of amides is 3. The third-order valence-electron chi connectivity index (χ3n) is 4.60. The minimum absolute atomic E-state index is 0. The molecule has 0 bridgehead atoms. The topological polar surface area (TPSA) is 105 Å². The fourth-order valence-corrected chi connectivity index (χ4v) is 2.83. The highest BCUT2D eigenvalue weighted by molar-refractivity contribution is 5.95. The summed E-state index contributed by atoms with van der Waals surface area (Å²) in [7, 11) is 0. The molecule has 0 aromatic heterocycles. The zero-order valence-corrected chi connectivity index (χ0v) is 16.8. The highest BCUT2D eigenvalue weighted by Gasteiger charge is 2.22. The Kier molecular flexibility index (Phi) is 8.72. The van der Waals surface area contributed by atoms with Crippen LogP contribution >= 0.6 is 12.4 Å². The molecule has 2 rings (SSSR count). The molecular formula is C19H29ClN4O3. The number of nitrogens with zero attached hydrogens (tertiary/aromatic N) is 1. The van der Waals surface area contributed by atoms with Gasteiger partial charge >= 0.3 is 0 Å². The first-order chi connectivity index (χ1) is 12.3. The predicted octanol–water partition coefficient (Wildman–Crippen LogP) is 1.51. The number of hydrogen-bond donors (Lipinski definition) is 3. The van der Waals surface area contributed by atoms with Gasteiger partial charge < -0.3 is 21.3 Å². The van der Waals surface area contributed by atoms with Crippen molar-refractivity contribution >= 4 is 35.8 Å². The summed E-state index contributed by atoms with van der Waals surface area (Å²) in [6.07, 6.45) is 1.49. The highest BCUT2D eigenvalue weighted by atomic mass is 35.5. The third-order valence-corrected chi connectivity index (χ3v) is 4.60. The van der Waals surface area contributed by atoms with E-state index in [0.717, 1.165) is 24.2 Å². The van der Waals surface area contributed by atoms with Crippen LogP contribution in [0.4, 0.5) is 5.69 Å². The molecule has 1 unspecified atom stereocenters. The Morgan fingerprint density at radius 3 is 2.33 bits per heavy atom. The van der Waals surface area contributed by atoms with Gasteiger partial charge in [-0.25, -0.2) is 0 Å². The quantitative estimate of drug-likeness (QED) is 0.649. The van der Waals surface area contributed by atoms with Gasteiger partial charge in [0.25, 0.3) is 0 Å². The van der Waals surface area contributed by atoms with Crippen LogP contribution in [0.3, 0.4) is 0 Å². The van der Waals surface area contributed by atoms with E-state index in [1.165, 1.54) is 0 Å². The Hall–Kier alpha value is -2.12. The Morgan fingerprint density at radius 2 is 1.81 bits per heavy atom. The van der Waals surface area contributed by atoms with Crippen LogP contribution in [0.1, 0.15) is 45.2 Å². The van der Waals surface area contributed by atoms with Crippen LogP contribution in [0.2, 0.25) is 0 Å². The number of nitrogens with two attached hydrogens (primary N) is 1. The number of hydrogen-bond acceptors (Lipinski definition) is 4. The van der Waals surface area contributed by atoms with Crippen molar-refractivity contribution in [1.29, 1.82) is 0 Å². The lowest BCUT2D eigenvalue weighted by Crippen LogP contribution is -2.47. The van der Waals surface area contributed by atoms with Crippen LogP contribution in [0.25, 0.3) is 0 Å². The van der Waals surface area contributed by atoms with E-state index in [2.05, 4.69) is 10.6 Å². The highest BCUT2D eigenvalue weighted by Crippen LogP contribution is 2.23. The van der Waals surface area contributed by atoms with Crippen molar-refractivity contribution in [3.8, 4) is 0 Å². The molecule has 1 aromatic carbocycles. The molecule has 8 heteroatoms. The molecule has 27 heavy (non-hydrogen) atoms. The molecule has 1 heterocycles. The van der Waals surface area contributed by atoms with Gasteiger partial charge in [0.2, 0.25) is 17.7 Å². The molecular weight excluding hydrogens is 368 g/mol. The van der Waals surface area contributed by atoms with Gasteiger partial charge in [-0.1, -0.05) is 26.0 Å². The summed E-state index contributed by atoms with van der Waals surface area (Å²) < 4.78 is 0. The lowest BCUT2D eigenvalue weighted by molar-refractivity contribution is -0.127. The van der Waals surface area contributed by atoms with E-state index in [4.69, 9.17) is 5.73 Å². The maximum absolute atomic E-state index is 12.0. The van der Waals surface area contributed by atoms with E-state index < -0.39 is 6.04 Å². The summed E-state index contributed by atoms with van der Waals surface area (Å²) in [5, 5.41) is 5.39. The summed E-state index contributed by atoms with van der Waals surface area (Å²) in [5.74, 6) is -0.449. The Morgan fingerprint density at radius 1 is 1.19 bits per heavy atom. The SMILES string of the molecule is CC(NC(=O)CNC(=O)[C@@H](N)C(C)C)c1ccc(N2CCCC2=O)cc1.Cl. The molecule has 1 fully saturated rings. The number of halogens is 1. The maximum Gasteiger partial charge on any atom is 0.239 e. The van der Waals surface area contributed by atoms with E-state index in [-0.39, 0.29) is 48.6 Å². The molecule has 1 aliphatic rings. The second kappa shape index (κ2) is 10.3. The second-order valence-electron chi connectivity index (χ2n) is 7.02. The number of benzene rings is 1. The summed E-state index contributed by atoms with van der Waals surface area (Å²) in [6.45, 7) is 6.22. The standard InChI is InChI=1S/C19H28N4O3.ClH/c1-12(2)18(20)19(26)21-11-16(24)22-13(3)14-6-8-15(9-7-14)23-10-4-5-17(23)25;/h6-9,12-13,18H,4-5,10-11,20H2,1-3H3,(H,21,26)(H,22,24);1H/t13?,18-;/m0./s1. The smallest absolute Gasteiger partial charge is 0.239 e. The fourth-order valence-electron chi connectivity index (χ4n) is 2.83. The van der Waals surface area contributed by atoms with E-state index >= 15 is 0 Å². The zero-order valence-electron chi connectivity index (χ0n) is 16.0. The van der Waals surface area contributed by atoms with Crippen molar-refractivity contribution in [2.45, 2.75) is 45.7 Å². The summed E-state index contributed by atoms with van der Waals surface area (Å²) in [4.78, 5) is 37.4. The van der Waals surface area contributed by atoms with Crippen LogP contribution in [-0.2, 0) is 14.4 Å². The first-order valence-electron chi connectivity index (χ1n) is 9.02. The molecule has 0 spiro atoms. The van der Waals surface area contributed by atoms with Gasteiger partial charge in [-0.2, -0.15) is 0 Å². The van der Waals surface area contributed by atoms with Crippen LogP contribution in [-0.4, -0.2) is 36.9 Å². The van der Waals surface area contributed by atoms with Gasteiger partial charge in [0.1, 0.15) is 0 Å². The van der Waals surface area contributed by atoms with Crippen LogP contribution in [0.15, 0.2) is 24.3 Å². The molecule has 1 aromatic rings. The monoisotopic (exact) mass is 396 g/mol.